The average Bonchev–Trinajstić information content (AvgIpc) is 3.48. The first-order valence-electron chi connectivity index (χ1n) is 10.1. The van der Waals surface area contributed by atoms with E-state index in [9.17, 15) is 24.6 Å². The summed E-state index contributed by atoms with van der Waals surface area (Å²) in [6, 6.07) is -2.88. The van der Waals surface area contributed by atoms with Gasteiger partial charge in [0.25, 0.3) is 0 Å². The molecule has 0 unspecified atom stereocenters. The lowest BCUT2D eigenvalue weighted by Crippen LogP contribution is -2.78. The van der Waals surface area contributed by atoms with Gasteiger partial charge in [-0.2, -0.15) is 9.78 Å². The van der Waals surface area contributed by atoms with Crippen molar-refractivity contribution in [1.29, 1.82) is 0 Å². The number of aliphatic imine (C=N–C) groups is 2. The predicted octanol–water partition coefficient (Wildman–Crippen LogP) is -4.62. The first kappa shape index (κ1) is 21.0. The number of rotatable bonds is 3. The molecule has 5 rings (SSSR count). The van der Waals surface area contributed by atoms with Crippen molar-refractivity contribution in [1.82, 2.24) is 35.1 Å². The van der Waals surface area contributed by atoms with Crippen LogP contribution in [0.1, 0.15) is 0 Å². The third-order valence-electron chi connectivity index (χ3n) is 6.41. The van der Waals surface area contributed by atoms with Crippen LogP contribution in [-0.2, 0) is 4.79 Å². The number of hydrogen-bond acceptors (Lipinski definition) is 12. The molecular weight excluding hydrogens is 438 g/mol. The molecule has 1 spiro atoms. The number of urea groups is 1. The molecule has 2 saturated heterocycles. The summed E-state index contributed by atoms with van der Waals surface area (Å²) in [5.41, 5.74) is 10.3. The molecule has 0 aliphatic carbocycles. The third-order valence-corrected chi connectivity index (χ3v) is 6.41. The van der Waals surface area contributed by atoms with Crippen LogP contribution in [-0.4, -0.2) is 121 Å². The zero-order chi connectivity index (χ0) is 23.7. The molecule has 0 saturated carbocycles. The molecule has 16 nitrogen and oxygen atoms in total. The van der Waals surface area contributed by atoms with E-state index in [1.165, 1.54) is 35.3 Å². The summed E-state index contributed by atoms with van der Waals surface area (Å²) in [5, 5.41) is 31.8. The van der Waals surface area contributed by atoms with Crippen molar-refractivity contribution >= 4 is 29.9 Å². The number of aliphatic hydroxyl groups is 2. The summed E-state index contributed by atoms with van der Waals surface area (Å²) in [7, 11) is 1.49. The first-order valence-corrected chi connectivity index (χ1v) is 10.1. The Labute approximate surface area is 186 Å². The molecule has 176 valence electrons. The monoisotopic (exact) mass is 461 g/mol. The Balaban J connectivity index is 1.48. The average molecular weight is 461 g/mol. The van der Waals surface area contributed by atoms with Gasteiger partial charge in [-0.1, -0.05) is 0 Å². The van der Waals surface area contributed by atoms with Gasteiger partial charge in [0.1, 0.15) is 18.6 Å². The minimum absolute atomic E-state index is 0.0815. The van der Waals surface area contributed by atoms with Crippen molar-refractivity contribution < 1.29 is 24.6 Å². The van der Waals surface area contributed by atoms with Gasteiger partial charge in [-0.15, -0.1) is 0 Å². The number of amides is 4. The molecule has 16 heteroatoms. The lowest BCUT2D eigenvalue weighted by molar-refractivity contribution is -0.230. The van der Waals surface area contributed by atoms with Crippen molar-refractivity contribution in [2.75, 3.05) is 26.7 Å². The zero-order valence-corrected chi connectivity index (χ0v) is 17.5. The summed E-state index contributed by atoms with van der Waals surface area (Å²) in [6.45, 7) is -0.414. The van der Waals surface area contributed by atoms with Crippen LogP contribution in [0, 0.1) is 0 Å². The standard InChI is InChI=1S/C17H23N11O5/c1-25-7-10(29)26(15(25)31)5-8-11-16(24-12(18)23-11)17(32,33)9(6-27(16)13(19)21-8)22-14(30)28-4-2-3-20-28/h2-4,8-9,11,32-33H,5-7H2,1H3,(H2,19,21)(H,22,30)(H3,18,23,24)/t8-,9-,11-,16-/m0/s1. The third kappa shape index (κ3) is 2.77. The van der Waals surface area contributed by atoms with Crippen LogP contribution in [0.4, 0.5) is 9.59 Å². The largest absolute Gasteiger partial charge is 0.370 e. The molecular formula is C17H23N11O5. The number of hydrogen-bond donors (Lipinski definition) is 6. The quantitative estimate of drug-likeness (QED) is 0.187. The number of likely N-dealkylation sites (N-methyl/N-ethyl adjacent to an activating group) is 1. The minimum atomic E-state index is -2.64. The molecule has 4 aliphatic rings. The van der Waals surface area contributed by atoms with Crippen molar-refractivity contribution in [2.24, 2.45) is 21.5 Å². The van der Waals surface area contributed by atoms with E-state index in [4.69, 9.17) is 11.5 Å². The predicted molar refractivity (Wildman–Crippen MR) is 110 cm³/mol. The summed E-state index contributed by atoms with van der Waals surface area (Å²) >= 11 is 0. The second-order valence-electron chi connectivity index (χ2n) is 8.34. The SMILES string of the molecule is CN1CC(=O)N(C[C@@H]2N=C(N)N3C[C@H](NC(=O)n4cccn4)C(O)(O)[C@@]34NC(N)=N[C@@H]24)C1=O. The molecule has 0 aromatic carbocycles. The summed E-state index contributed by atoms with van der Waals surface area (Å²) < 4.78 is 0.997. The van der Waals surface area contributed by atoms with Crippen LogP contribution in [0.15, 0.2) is 28.4 Å². The summed E-state index contributed by atoms with van der Waals surface area (Å²) in [6.07, 6.45) is 2.80. The Morgan fingerprint density at radius 3 is 2.73 bits per heavy atom. The first-order chi connectivity index (χ1) is 15.6. The van der Waals surface area contributed by atoms with E-state index in [0.717, 1.165) is 9.58 Å². The van der Waals surface area contributed by atoms with Crippen LogP contribution in [0.25, 0.3) is 0 Å². The molecule has 33 heavy (non-hydrogen) atoms. The minimum Gasteiger partial charge on any atom is -0.370 e. The lowest BCUT2D eigenvalue weighted by Gasteiger charge is -2.49. The van der Waals surface area contributed by atoms with Gasteiger partial charge < -0.3 is 42.1 Å². The Morgan fingerprint density at radius 1 is 1.33 bits per heavy atom. The van der Waals surface area contributed by atoms with E-state index in [-0.39, 0.29) is 31.6 Å². The number of nitrogens with two attached hydrogens (primary N) is 2. The topological polar surface area (TPSA) is 220 Å². The fraction of sp³-hybridized carbons (Fsp3) is 0.529. The maximum atomic E-state index is 12.5. The summed E-state index contributed by atoms with van der Waals surface area (Å²) in [4.78, 5) is 49.5. The van der Waals surface area contributed by atoms with Crippen molar-refractivity contribution in [3.05, 3.63) is 18.5 Å². The highest BCUT2D eigenvalue weighted by molar-refractivity contribution is 6.02. The number of carbonyl (C=O) groups is 3. The molecule has 0 radical (unpaired) electrons. The van der Waals surface area contributed by atoms with Gasteiger partial charge in [0.15, 0.2) is 17.6 Å². The fourth-order valence-corrected chi connectivity index (χ4v) is 4.88. The van der Waals surface area contributed by atoms with Crippen molar-refractivity contribution in [3.8, 4) is 0 Å². The number of nitrogens with one attached hydrogen (secondary N) is 2. The highest BCUT2D eigenvalue weighted by Crippen LogP contribution is 2.45. The molecule has 1 aromatic heterocycles. The zero-order valence-electron chi connectivity index (χ0n) is 17.5. The van der Waals surface area contributed by atoms with Gasteiger partial charge in [0.05, 0.1) is 12.6 Å². The van der Waals surface area contributed by atoms with Crippen LogP contribution >= 0.6 is 0 Å². The molecule has 4 aliphatic heterocycles. The molecule has 5 heterocycles. The number of aromatic nitrogens is 2. The van der Waals surface area contributed by atoms with E-state index in [0.29, 0.717) is 0 Å². The molecule has 8 N–H and O–H groups in total. The van der Waals surface area contributed by atoms with E-state index in [1.54, 1.807) is 0 Å². The second-order valence-corrected chi connectivity index (χ2v) is 8.34. The number of guanidine groups is 2. The normalized spacial score (nSPS) is 32.3. The van der Waals surface area contributed by atoms with Gasteiger partial charge in [-0.05, 0) is 6.07 Å². The Hall–Kier alpha value is -3.92. The molecule has 4 amide bonds. The maximum Gasteiger partial charge on any atom is 0.342 e. The number of imide groups is 1. The van der Waals surface area contributed by atoms with Crippen LogP contribution in [0.3, 0.4) is 0 Å². The van der Waals surface area contributed by atoms with Crippen LogP contribution in [0.5, 0.6) is 0 Å². The van der Waals surface area contributed by atoms with E-state index < -0.39 is 47.5 Å². The Bertz CT molecular complexity index is 1090. The van der Waals surface area contributed by atoms with Crippen LogP contribution in [0.2, 0.25) is 0 Å². The van der Waals surface area contributed by atoms with Crippen molar-refractivity contribution in [2.45, 2.75) is 29.6 Å². The van der Waals surface area contributed by atoms with Gasteiger partial charge in [-0.25, -0.2) is 19.6 Å². The van der Waals surface area contributed by atoms with Gasteiger partial charge in [0, 0.05) is 26.0 Å². The molecule has 2 fully saturated rings. The maximum absolute atomic E-state index is 12.5. The lowest BCUT2D eigenvalue weighted by atomic mass is 9.85. The molecule has 4 atom stereocenters. The Kier molecular flexibility index (Phi) is 4.31. The summed E-state index contributed by atoms with van der Waals surface area (Å²) in [5.74, 6) is -3.27. The highest BCUT2D eigenvalue weighted by Gasteiger charge is 2.73. The Morgan fingerprint density at radius 2 is 2.09 bits per heavy atom. The smallest absolute Gasteiger partial charge is 0.342 e. The molecule has 0 bridgehead atoms. The fourth-order valence-electron chi connectivity index (χ4n) is 4.88. The van der Waals surface area contributed by atoms with Crippen molar-refractivity contribution in [3.63, 3.8) is 0 Å². The highest BCUT2D eigenvalue weighted by atomic mass is 16.5. The van der Waals surface area contributed by atoms with Crippen LogP contribution < -0.4 is 22.1 Å². The molecule has 1 aromatic rings. The van der Waals surface area contributed by atoms with E-state index in [2.05, 4.69) is 25.7 Å². The van der Waals surface area contributed by atoms with E-state index >= 15 is 0 Å². The van der Waals surface area contributed by atoms with Gasteiger partial charge in [0.2, 0.25) is 11.7 Å². The van der Waals surface area contributed by atoms with Gasteiger partial charge >= 0.3 is 12.1 Å². The number of carbonyl (C=O) groups excluding carboxylic acids is 3. The second kappa shape index (κ2) is 6.79. The van der Waals surface area contributed by atoms with E-state index in [1.807, 2.05) is 0 Å². The van der Waals surface area contributed by atoms with Gasteiger partial charge in [-0.3, -0.25) is 9.69 Å². The number of nitrogens with zero attached hydrogens (tertiary/aromatic N) is 7.